The zero-order valence-corrected chi connectivity index (χ0v) is 45.0. The Labute approximate surface area is 468 Å². The number of likely N-dealkylation sites (N-methyl/N-ethyl adjacent to an activating group) is 1. The predicted octanol–water partition coefficient (Wildman–Crippen LogP) is 20.9. The second-order valence-electron chi connectivity index (χ2n) is 21.7. The van der Waals surface area contributed by atoms with E-state index in [0.717, 1.165) is 13.1 Å². The average molecular weight is 1020 g/mol. The summed E-state index contributed by atoms with van der Waals surface area (Å²) in [7, 11) is 0. The molecule has 0 fully saturated rings. The Bertz CT molecular complexity index is 4560. The van der Waals surface area contributed by atoms with Gasteiger partial charge in [-0.2, -0.15) is 0 Å². The molecule has 0 saturated carbocycles. The minimum absolute atomic E-state index is 0.394. The second-order valence-corrected chi connectivity index (χ2v) is 21.7. The Morgan fingerprint density at radius 2 is 0.675 bits per heavy atom. The lowest BCUT2D eigenvalue weighted by Crippen LogP contribution is -2.32. The molecule has 0 spiro atoms. The van der Waals surface area contributed by atoms with Crippen LogP contribution in [-0.2, 0) is 6.54 Å². The average Bonchev–Trinajstić information content (AvgIpc) is 4.05. The van der Waals surface area contributed by atoms with Gasteiger partial charge in [-0.25, -0.2) is 0 Å². The van der Waals surface area contributed by atoms with Gasteiger partial charge in [0.2, 0.25) is 0 Å². The molecule has 1 aliphatic carbocycles. The van der Waals surface area contributed by atoms with Crippen molar-refractivity contribution >= 4 is 49.0 Å². The fraction of sp³-hybridized carbons (Fsp3) is 0.0769. The first kappa shape index (κ1) is 47.5. The molecule has 0 radical (unpaired) electrons. The lowest BCUT2D eigenvalue weighted by molar-refractivity contribution is 0.688. The van der Waals surface area contributed by atoms with Crippen LogP contribution in [0.5, 0.6) is 0 Å². The Morgan fingerprint density at radius 1 is 0.287 bits per heavy atom. The maximum absolute atomic E-state index is 2.54. The number of rotatable bonds is 10. The third kappa shape index (κ3) is 8.01. The molecule has 2 heterocycles. The molecule has 12 aromatic carbocycles. The van der Waals surface area contributed by atoms with Crippen LogP contribution in [0.3, 0.4) is 0 Å². The van der Waals surface area contributed by atoms with Crippen LogP contribution in [0.2, 0.25) is 0 Å². The predicted molar refractivity (Wildman–Crippen MR) is 341 cm³/mol. The molecule has 15 rings (SSSR count). The molecular formula is C78H58N2. The molecule has 80 heavy (non-hydrogen) atoms. The van der Waals surface area contributed by atoms with Gasteiger partial charge >= 0.3 is 0 Å². The summed E-state index contributed by atoms with van der Waals surface area (Å²) in [6.45, 7) is 6.43. The number of allylic oxidation sites excluding steroid dienone is 2. The van der Waals surface area contributed by atoms with Gasteiger partial charge in [-0.3, -0.25) is 0 Å². The highest BCUT2D eigenvalue weighted by molar-refractivity contribution is 6.22. The zero-order valence-electron chi connectivity index (χ0n) is 45.0. The Morgan fingerprint density at radius 3 is 1.19 bits per heavy atom. The maximum atomic E-state index is 2.54. The standard InChI is InChI=1S/C78H58N2/c1-3-79-73-21-13-11-19-65(73)69-47-63(41-45-75(69)79)57-27-23-53(24-28-57)55-31-35-59(36-32-55)77-67-43-39-62(52-17-9-6-10-18-52)50-72(67)78(68-44-40-61(49-71(68)77)51-15-7-5-8-16-51)60-37-33-56(34-38-60)54-25-29-58(30-26-54)64-42-46-76-70(48-64)66-20-12-14-22-74(66)80(76)4-2/h5-50,65,73H,3-4H2,1-2H3. The number of para-hydroxylation sites is 1. The topological polar surface area (TPSA) is 8.17 Å². The first-order valence-electron chi connectivity index (χ1n) is 28.4. The van der Waals surface area contributed by atoms with Crippen LogP contribution < -0.4 is 4.90 Å². The van der Waals surface area contributed by atoms with Crippen LogP contribution in [0, 0.1) is 0 Å². The lowest BCUT2D eigenvalue weighted by atomic mass is 9.83. The van der Waals surface area contributed by atoms with Gasteiger partial charge in [0.15, 0.2) is 0 Å². The van der Waals surface area contributed by atoms with Crippen LogP contribution in [0.25, 0.3) is 132 Å². The summed E-state index contributed by atoms with van der Waals surface area (Å²) in [6.07, 6.45) is 9.12. The highest BCUT2D eigenvalue weighted by Crippen LogP contribution is 2.48. The summed E-state index contributed by atoms with van der Waals surface area (Å²) < 4.78 is 2.42. The van der Waals surface area contributed by atoms with Crippen LogP contribution in [0.4, 0.5) is 5.69 Å². The van der Waals surface area contributed by atoms with E-state index in [1.807, 2.05) is 0 Å². The molecule has 0 saturated heterocycles. The van der Waals surface area contributed by atoms with Crippen molar-refractivity contribution < 1.29 is 0 Å². The molecule has 2 atom stereocenters. The van der Waals surface area contributed by atoms with Crippen molar-refractivity contribution in [3.63, 3.8) is 0 Å². The highest BCUT2D eigenvalue weighted by atomic mass is 15.2. The van der Waals surface area contributed by atoms with E-state index in [1.165, 1.54) is 144 Å². The van der Waals surface area contributed by atoms with Crippen molar-refractivity contribution in [3.05, 3.63) is 285 Å². The van der Waals surface area contributed by atoms with E-state index in [9.17, 15) is 0 Å². The minimum atomic E-state index is 0.394. The summed E-state index contributed by atoms with van der Waals surface area (Å²) in [5.41, 5.74) is 24.8. The van der Waals surface area contributed by atoms with Crippen molar-refractivity contribution in [2.45, 2.75) is 32.4 Å². The molecule has 2 heteroatoms. The fourth-order valence-corrected chi connectivity index (χ4v) is 13.4. The quantitative estimate of drug-likeness (QED) is 0.124. The first-order valence-corrected chi connectivity index (χ1v) is 28.4. The number of fused-ring (bicyclic) bond motifs is 8. The van der Waals surface area contributed by atoms with Gasteiger partial charge < -0.3 is 9.47 Å². The van der Waals surface area contributed by atoms with Gasteiger partial charge in [0, 0.05) is 46.5 Å². The monoisotopic (exact) mass is 1020 g/mol. The first-order chi connectivity index (χ1) is 39.6. The van der Waals surface area contributed by atoms with E-state index in [-0.39, 0.29) is 0 Å². The molecule has 1 aliphatic heterocycles. The van der Waals surface area contributed by atoms with E-state index >= 15 is 0 Å². The minimum Gasteiger partial charge on any atom is -0.364 e. The highest BCUT2D eigenvalue weighted by Gasteiger charge is 2.35. The largest absolute Gasteiger partial charge is 0.364 e. The van der Waals surface area contributed by atoms with E-state index in [4.69, 9.17) is 0 Å². The van der Waals surface area contributed by atoms with Crippen LogP contribution >= 0.6 is 0 Å². The third-order valence-corrected chi connectivity index (χ3v) is 17.4. The second kappa shape index (κ2) is 19.6. The molecule has 13 aromatic rings. The van der Waals surface area contributed by atoms with Gasteiger partial charge in [-0.15, -0.1) is 0 Å². The number of benzene rings is 12. The fourth-order valence-electron chi connectivity index (χ4n) is 13.4. The van der Waals surface area contributed by atoms with Gasteiger partial charge in [-0.05, 0) is 172 Å². The molecule has 380 valence electrons. The molecule has 2 aliphatic rings. The Balaban J connectivity index is 0.808. The molecule has 0 amide bonds. The summed E-state index contributed by atoms with van der Waals surface area (Å²) in [4.78, 5) is 2.54. The van der Waals surface area contributed by atoms with E-state index < -0.39 is 0 Å². The van der Waals surface area contributed by atoms with E-state index in [0.29, 0.717) is 12.0 Å². The van der Waals surface area contributed by atoms with Crippen molar-refractivity contribution in [3.8, 4) is 89.0 Å². The summed E-state index contributed by atoms with van der Waals surface area (Å²) in [5, 5.41) is 7.54. The Kier molecular flexibility index (Phi) is 11.6. The van der Waals surface area contributed by atoms with Crippen molar-refractivity contribution in [1.29, 1.82) is 0 Å². The van der Waals surface area contributed by atoms with Gasteiger partial charge in [0.25, 0.3) is 0 Å². The molecule has 0 bridgehead atoms. The van der Waals surface area contributed by atoms with E-state index in [2.05, 4.69) is 302 Å². The summed E-state index contributed by atoms with van der Waals surface area (Å²) in [6, 6.07) is 95.8. The Hall–Kier alpha value is -9.76. The molecular weight excluding hydrogens is 965 g/mol. The molecule has 0 N–H and O–H groups in total. The number of aromatic nitrogens is 1. The molecule has 2 nitrogen and oxygen atoms in total. The van der Waals surface area contributed by atoms with E-state index in [1.54, 1.807) is 0 Å². The summed E-state index contributed by atoms with van der Waals surface area (Å²) >= 11 is 0. The number of hydrogen-bond acceptors (Lipinski definition) is 1. The molecule has 1 aromatic heterocycles. The number of nitrogens with zero attached hydrogens (tertiary/aromatic N) is 2. The number of aryl methyl sites for hydroxylation is 1. The molecule has 2 unspecified atom stereocenters. The van der Waals surface area contributed by atoms with Crippen LogP contribution in [-0.4, -0.2) is 17.2 Å². The number of anilines is 1. The zero-order chi connectivity index (χ0) is 53.3. The maximum Gasteiger partial charge on any atom is 0.0580 e. The van der Waals surface area contributed by atoms with Crippen LogP contribution in [0.1, 0.15) is 25.3 Å². The lowest BCUT2D eigenvalue weighted by Gasteiger charge is -2.27. The SMILES string of the molecule is CCN1c2ccc(-c3ccc(-c4ccc(-c5c6ccc(-c7ccccc7)cc6c(-c6ccc(-c7ccc(-c8ccc9c(c8)c8ccccc8n9CC)cc7)cc6)c6ccc(-c7ccccc7)cc56)cc4)cc3)cc2C2C=CC=CC21. The van der Waals surface area contributed by atoms with Crippen molar-refractivity contribution in [2.24, 2.45) is 0 Å². The normalized spacial score (nSPS) is 14.6. The van der Waals surface area contributed by atoms with Crippen molar-refractivity contribution in [2.75, 3.05) is 11.4 Å². The van der Waals surface area contributed by atoms with Gasteiger partial charge in [0.05, 0.1) is 6.04 Å². The number of hydrogen-bond donors (Lipinski definition) is 0. The smallest absolute Gasteiger partial charge is 0.0580 e. The third-order valence-electron chi connectivity index (χ3n) is 17.4. The van der Waals surface area contributed by atoms with Gasteiger partial charge in [0.1, 0.15) is 0 Å². The van der Waals surface area contributed by atoms with Gasteiger partial charge in [-0.1, -0.05) is 237 Å². The summed E-state index contributed by atoms with van der Waals surface area (Å²) in [5.74, 6) is 0.394. The van der Waals surface area contributed by atoms with Crippen LogP contribution in [0.15, 0.2) is 279 Å². The van der Waals surface area contributed by atoms with Crippen molar-refractivity contribution in [1.82, 2.24) is 4.57 Å².